The fourth-order valence-electron chi connectivity index (χ4n) is 1.10. The Hall–Kier alpha value is -0.0600. The van der Waals surface area contributed by atoms with Gasteiger partial charge in [0.2, 0.25) is 0 Å². The van der Waals surface area contributed by atoms with Crippen molar-refractivity contribution in [1.29, 1.82) is 0 Å². The van der Waals surface area contributed by atoms with E-state index in [1.54, 1.807) is 19.1 Å². The summed E-state index contributed by atoms with van der Waals surface area (Å²) < 4.78 is 5.64. The van der Waals surface area contributed by atoms with Crippen LogP contribution in [0, 0.1) is 0 Å². The molecule has 0 fully saturated rings. The predicted molar refractivity (Wildman–Crippen MR) is 67.7 cm³/mol. The van der Waals surface area contributed by atoms with E-state index in [4.69, 9.17) is 16.3 Å². The van der Waals surface area contributed by atoms with Gasteiger partial charge in [-0.1, -0.05) is 27.5 Å². The third kappa shape index (κ3) is 3.20. The maximum atomic E-state index is 11.6. The van der Waals surface area contributed by atoms with Crippen LogP contribution in [-0.2, 0) is 10.1 Å². The molecule has 82 valence electrons. The van der Waals surface area contributed by atoms with Crippen molar-refractivity contribution in [3.8, 4) is 0 Å². The van der Waals surface area contributed by atoms with Gasteiger partial charge < -0.3 is 4.74 Å². The van der Waals surface area contributed by atoms with Crippen molar-refractivity contribution in [2.24, 2.45) is 0 Å². The average molecular weight is 356 g/mol. The number of carbonyl (C=O) groups is 1. The SMILES string of the molecule is CCOC(=O)c1cc(Cl)cc(CBr)c1Br. The summed E-state index contributed by atoms with van der Waals surface area (Å²) in [5.74, 6) is -0.367. The fraction of sp³-hybridized carbons (Fsp3) is 0.300. The Bertz CT molecular complexity index is 380. The van der Waals surface area contributed by atoms with E-state index in [0.29, 0.717) is 22.5 Å². The number of rotatable bonds is 3. The van der Waals surface area contributed by atoms with Crippen molar-refractivity contribution in [2.45, 2.75) is 12.3 Å². The van der Waals surface area contributed by atoms with E-state index in [2.05, 4.69) is 31.9 Å². The molecule has 0 aliphatic heterocycles. The molecule has 1 aromatic rings. The summed E-state index contributed by atoms with van der Waals surface area (Å²) in [6.45, 7) is 2.11. The first-order chi connectivity index (χ1) is 7.10. The molecule has 1 aromatic carbocycles. The van der Waals surface area contributed by atoms with Crippen molar-refractivity contribution < 1.29 is 9.53 Å². The van der Waals surface area contributed by atoms with Crippen molar-refractivity contribution >= 4 is 49.4 Å². The molecule has 0 unspecified atom stereocenters. The van der Waals surface area contributed by atoms with Crippen LogP contribution in [0.3, 0.4) is 0 Å². The van der Waals surface area contributed by atoms with Crippen LogP contribution in [-0.4, -0.2) is 12.6 Å². The van der Waals surface area contributed by atoms with E-state index in [1.165, 1.54) is 0 Å². The van der Waals surface area contributed by atoms with Crippen LogP contribution in [0.5, 0.6) is 0 Å². The van der Waals surface area contributed by atoms with Gasteiger partial charge in [-0.2, -0.15) is 0 Å². The maximum absolute atomic E-state index is 11.6. The molecular formula is C10H9Br2ClO2. The van der Waals surface area contributed by atoms with Crippen LogP contribution >= 0.6 is 43.5 Å². The maximum Gasteiger partial charge on any atom is 0.339 e. The number of hydrogen-bond donors (Lipinski definition) is 0. The third-order valence-electron chi connectivity index (χ3n) is 1.75. The van der Waals surface area contributed by atoms with Crippen LogP contribution in [0.2, 0.25) is 5.02 Å². The van der Waals surface area contributed by atoms with E-state index < -0.39 is 0 Å². The number of halogens is 3. The smallest absolute Gasteiger partial charge is 0.339 e. The molecule has 0 aliphatic carbocycles. The highest BCUT2D eigenvalue weighted by molar-refractivity contribution is 9.10. The minimum Gasteiger partial charge on any atom is -0.462 e. The molecule has 0 aliphatic rings. The first kappa shape index (κ1) is 13.0. The lowest BCUT2D eigenvalue weighted by Gasteiger charge is -2.08. The molecule has 0 radical (unpaired) electrons. The lowest BCUT2D eigenvalue weighted by molar-refractivity contribution is 0.0525. The van der Waals surface area contributed by atoms with Gasteiger partial charge in [0.25, 0.3) is 0 Å². The summed E-state index contributed by atoms with van der Waals surface area (Å²) in [6.07, 6.45) is 0. The summed E-state index contributed by atoms with van der Waals surface area (Å²) in [5, 5.41) is 1.15. The predicted octanol–water partition coefficient (Wildman–Crippen LogP) is 4.17. The lowest BCUT2D eigenvalue weighted by Crippen LogP contribution is -2.06. The number of ether oxygens (including phenoxy) is 1. The summed E-state index contributed by atoms with van der Waals surface area (Å²) >= 11 is 12.6. The monoisotopic (exact) mass is 354 g/mol. The van der Waals surface area contributed by atoms with E-state index in [1.807, 2.05) is 0 Å². The Kier molecular flexibility index (Phi) is 5.09. The molecule has 0 bridgehead atoms. The largest absolute Gasteiger partial charge is 0.462 e. The minimum absolute atomic E-state index is 0.349. The molecule has 0 spiro atoms. The van der Waals surface area contributed by atoms with E-state index in [9.17, 15) is 4.79 Å². The quantitative estimate of drug-likeness (QED) is 0.600. The second-order valence-electron chi connectivity index (χ2n) is 2.78. The summed E-state index contributed by atoms with van der Waals surface area (Å²) in [5.41, 5.74) is 1.38. The Morgan fingerprint density at radius 3 is 2.73 bits per heavy atom. The molecular weight excluding hydrogens is 347 g/mol. The number of hydrogen-bond acceptors (Lipinski definition) is 2. The van der Waals surface area contributed by atoms with Crippen molar-refractivity contribution in [1.82, 2.24) is 0 Å². The van der Waals surface area contributed by atoms with Crippen LogP contribution in [0.1, 0.15) is 22.8 Å². The zero-order valence-corrected chi connectivity index (χ0v) is 11.9. The van der Waals surface area contributed by atoms with Gasteiger partial charge in [-0.15, -0.1) is 0 Å². The van der Waals surface area contributed by atoms with Crippen molar-refractivity contribution in [3.05, 3.63) is 32.8 Å². The fourth-order valence-corrected chi connectivity index (χ4v) is 2.69. The summed E-state index contributed by atoms with van der Waals surface area (Å²) in [6, 6.07) is 3.39. The molecule has 0 saturated carbocycles. The highest BCUT2D eigenvalue weighted by atomic mass is 79.9. The molecule has 5 heteroatoms. The highest BCUT2D eigenvalue weighted by Gasteiger charge is 2.15. The van der Waals surface area contributed by atoms with Gasteiger partial charge in [-0.3, -0.25) is 0 Å². The van der Waals surface area contributed by atoms with Crippen molar-refractivity contribution in [2.75, 3.05) is 6.61 Å². The van der Waals surface area contributed by atoms with E-state index in [-0.39, 0.29) is 5.97 Å². The summed E-state index contributed by atoms with van der Waals surface area (Å²) in [4.78, 5) is 11.6. The Morgan fingerprint density at radius 2 is 2.20 bits per heavy atom. The van der Waals surface area contributed by atoms with Crippen molar-refractivity contribution in [3.63, 3.8) is 0 Å². The number of benzene rings is 1. The van der Waals surface area contributed by atoms with Crippen LogP contribution in [0.4, 0.5) is 0 Å². The first-order valence-corrected chi connectivity index (χ1v) is 6.60. The second-order valence-corrected chi connectivity index (χ2v) is 4.57. The average Bonchev–Trinajstić information content (AvgIpc) is 2.21. The zero-order chi connectivity index (χ0) is 11.4. The van der Waals surface area contributed by atoms with Gasteiger partial charge in [0.05, 0.1) is 12.2 Å². The molecule has 2 nitrogen and oxygen atoms in total. The lowest BCUT2D eigenvalue weighted by atomic mass is 10.1. The van der Waals surface area contributed by atoms with Gasteiger partial charge >= 0.3 is 5.97 Å². The molecule has 0 amide bonds. The van der Waals surface area contributed by atoms with E-state index in [0.717, 1.165) is 10.0 Å². The van der Waals surface area contributed by atoms with Crippen LogP contribution < -0.4 is 0 Å². The molecule has 1 rings (SSSR count). The minimum atomic E-state index is -0.367. The number of carbonyl (C=O) groups excluding carboxylic acids is 1. The zero-order valence-electron chi connectivity index (χ0n) is 8.02. The number of esters is 1. The molecule has 0 heterocycles. The van der Waals surface area contributed by atoms with Crippen LogP contribution in [0.15, 0.2) is 16.6 Å². The Balaban J connectivity index is 3.17. The molecule has 0 aromatic heterocycles. The van der Waals surface area contributed by atoms with Gasteiger partial charge in [0.15, 0.2) is 0 Å². The Labute approximate surface area is 110 Å². The van der Waals surface area contributed by atoms with Gasteiger partial charge in [-0.25, -0.2) is 4.79 Å². The second kappa shape index (κ2) is 5.87. The molecule has 15 heavy (non-hydrogen) atoms. The third-order valence-corrected chi connectivity index (χ3v) is 3.51. The molecule has 0 atom stereocenters. The first-order valence-electron chi connectivity index (χ1n) is 4.31. The summed E-state index contributed by atoms with van der Waals surface area (Å²) in [7, 11) is 0. The van der Waals surface area contributed by atoms with Crippen LogP contribution in [0.25, 0.3) is 0 Å². The normalized spacial score (nSPS) is 10.1. The molecule has 0 N–H and O–H groups in total. The standard InChI is InChI=1S/C10H9Br2ClO2/c1-2-15-10(14)8-4-7(13)3-6(5-11)9(8)12/h3-4H,2,5H2,1H3. The van der Waals surface area contributed by atoms with Gasteiger partial charge in [-0.05, 0) is 40.5 Å². The Morgan fingerprint density at radius 1 is 1.53 bits per heavy atom. The highest BCUT2D eigenvalue weighted by Crippen LogP contribution is 2.28. The van der Waals surface area contributed by atoms with E-state index >= 15 is 0 Å². The molecule has 0 saturated heterocycles. The topological polar surface area (TPSA) is 26.3 Å². The van der Waals surface area contributed by atoms with Gasteiger partial charge in [0.1, 0.15) is 0 Å². The number of alkyl halides is 1. The van der Waals surface area contributed by atoms with Gasteiger partial charge in [0, 0.05) is 14.8 Å².